The predicted molar refractivity (Wildman–Crippen MR) is 119 cm³/mol. The molecule has 0 radical (unpaired) electrons. The van der Waals surface area contributed by atoms with Crippen LogP contribution in [-0.2, 0) is 22.5 Å². The number of ether oxygens (including phenoxy) is 1. The van der Waals surface area contributed by atoms with Crippen LogP contribution >= 0.6 is 0 Å². The summed E-state index contributed by atoms with van der Waals surface area (Å²) in [6, 6.07) is 13.7. The molecule has 156 valence electrons. The molecule has 0 saturated carbocycles. The summed E-state index contributed by atoms with van der Waals surface area (Å²) < 4.78 is 7.12. The first kappa shape index (κ1) is 22.9. The van der Waals surface area contributed by atoms with E-state index >= 15 is 0 Å². The molecule has 0 spiro atoms. The first-order chi connectivity index (χ1) is 14.4. The van der Waals surface area contributed by atoms with E-state index in [0.717, 1.165) is 39.3 Å². The van der Waals surface area contributed by atoms with Crippen LogP contribution in [0, 0.1) is 32.1 Å². The van der Waals surface area contributed by atoms with Gasteiger partial charge in [0.25, 0.3) is 0 Å². The minimum atomic E-state index is -0.271. The van der Waals surface area contributed by atoms with Crippen LogP contribution in [0.15, 0.2) is 42.6 Å². The zero-order valence-corrected chi connectivity index (χ0v) is 18.6. The average Bonchev–Trinajstić information content (AvgIpc) is 3.00. The second-order valence-corrected chi connectivity index (χ2v) is 6.86. The van der Waals surface area contributed by atoms with Gasteiger partial charge in [0.2, 0.25) is 0 Å². The number of aryl methyl sites for hydroxylation is 1. The van der Waals surface area contributed by atoms with Crippen LogP contribution < -0.4 is 0 Å². The number of carbonyl (C=O) groups excluding carboxylic acids is 1. The van der Waals surface area contributed by atoms with E-state index in [1.54, 1.807) is 12.1 Å². The highest BCUT2D eigenvalue weighted by Gasteiger charge is 2.21. The molecule has 5 heteroatoms. The van der Waals surface area contributed by atoms with Gasteiger partial charge in [-0.25, -0.2) is 0 Å². The van der Waals surface area contributed by atoms with Crippen molar-refractivity contribution in [3.63, 3.8) is 0 Å². The van der Waals surface area contributed by atoms with Gasteiger partial charge in [-0.15, -0.1) is 0 Å². The van der Waals surface area contributed by atoms with Gasteiger partial charge in [-0.05, 0) is 55.7 Å². The second-order valence-electron chi connectivity index (χ2n) is 6.86. The third kappa shape index (κ3) is 4.96. The molecule has 0 unspecified atom stereocenters. The number of aromatic nitrogens is 2. The SMILES string of the molecule is CC.COC(=O)Cc1c(-c2ccc(C#N)cc2)c(C)n(Cc2ccc(C)nc2)c1C. The highest BCUT2D eigenvalue weighted by atomic mass is 16.5. The lowest BCUT2D eigenvalue weighted by atomic mass is 9.97. The summed E-state index contributed by atoms with van der Waals surface area (Å²) in [7, 11) is 1.40. The number of methoxy groups -OCH3 is 1. The summed E-state index contributed by atoms with van der Waals surface area (Å²) in [4.78, 5) is 16.4. The van der Waals surface area contributed by atoms with Crippen LogP contribution in [0.5, 0.6) is 0 Å². The molecule has 3 rings (SSSR count). The molecular weight excluding hydrogens is 374 g/mol. The summed E-state index contributed by atoms with van der Waals surface area (Å²) in [6.45, 7) is 10.7. The second kappa shape index (κ2) is 10.4. The Bertz CT molecular complexity index is 1040. The maximum Gasteiger partial charge on any atom is 0.310 e. The van der Waals surface area contributed by atoms with Crippen molar-refractivity contribution in [2.75, 3.05) is 7.11 Å². The number of esters is 1. The topological polar surface area (TPSA) is 67.9 Å². The fourth-order valence-electron chi connectivity index (χ4n) is 3.49. The lowest BCUT2D eigenvalue weighted by Crippen LogP contribution is -2.08. The van der Waals surface area contributed by atoms with Gasteiger partial charge in [0.1, 0.15) is 0 Å². The van der Waals surface area contributed by atoms with Crippen molar-refractivity contribution in [2.24, 2.45) is 0 Å². The lowest BCUT2D eigenvalue weighted by molar-refractivity contribution is -0.139. The van der Waals surface area contributed by atoms with Gasteiger partial charge in [-0.1, -0.05) is 32.0 Å². The van der Waals surface area contributed by atoms with E-state index in [2.05, 4.69) is 28.6 Å². The van der Waals surface area contributed by atoms with Gasteiger partial charge in [-0.3, -0.25) is 9.78 Å². The summed E-state index contributed by atoms with van der Waals surface area (Å²) in [6.07, 6.45) is 2.09. The number of hydrogen-bond acceptors (Lipinski definition) is 4. The van der Waals surface area contributed by atoms with Gasteiger partial charge >= 0.3 is 5.97 Å². The molecule has 0 amide bonds. The number of pyridine rings is 1. The molecule has 5 nitrogen and oxygen atoms in total. The Balaban J connectivity index is 0.00000155. The predicted octanol–water partition coefficient (Wildman–Crippen LogP) is 5.14. The fourth-order valence-corrected chi connectivity index (χ4v) is 3.49. The first-order valence-electron chi connectivity index (χ1n) is 10.1. The van der Waals surface area contributed by atoms with Crippen molar-refractivity contribution >= 4 is 5.97 Å². The van der Waals surface area contributed by atoms with Crippen molar-refractivity contribution in [3.05, 3.63) is 76.4 Å². The minimum Gasteiger partial charge on any atom is -0.469 e. The molecule has 0 aliphatic rings. The number of hydrogen-bond donors (Lipinski definition) is 0. The normalized spacial score (nSPS) is 10.0. The summed E-state index contributed by atoms with van der Waals surface area (Å²) >= 11 is 0. The van der Waals surface area contributed by atoms with E-state index in [4.69, 9.17) is 10.00 Å². The van der Waals surface area contributed by atoms with Crippen molar-refractivity contribution < 1.29 is 9.53 Å². The summed E-state index contributed by atoms with van der Waals surface area (Å²) in [5.41, 5.74) is 7.75. The largest absolute Gasteiger partial charge is 0.469 e. The van der Waals surface area contributed by atoms with Crippen LogP contribution in [0.3, 0.4) is 0 Å². The van der Waals surface area contributed by atoms with E-state index in [0.29, 0.717) is 12.1 Å². The third-order valence-corrected chi connectivity index (χ3v) is 5.07. The fraction of sp³-hybridized carbons (Fsp3) is 0.320. The Morgan fingerprint density at radius 3 is 2.27 bits per heavy atom. The molecule has 0 N–H and O–H groups in total. The summed E-state index contributed by atoms with van der Waals surface area (Å²) in [5.74, 6) is -0.271. The van der Waals surface area contributed by atoms with Crippen LogP contribution in [0.4, 0.5) is 0 Å². The maximum absolute atomic E-state index is 12.0. The van der Waals surface area contributed by atoms with Gasteiger partial charge in [0, 0.05) is 35.4 Å². The molecule has 1 aromatic carbocycles. The average molecular weight is 404 g/mol. The smallest absolute Gasteiger partial charge is 0.310 e. The maximum atomic E-state index is 12.0. The van der Waals surface area contributed by atoms with Crippen molar-refractivity contribution in [1.29, 1.82) is 5.26 Å². The lowest BCUT2D eigenvalue weighted by Gasteiger charge is -2.10. The van der Waals surface area contributed by atoms with Crippen molar-refractivity contribution in [3.8, 4) is 17.2 Å². The van der Waals surface area contributed by atoms with E-state index in [9.17, 15) is 4.79 Å². The monoisotopic (exact) mass is 403 g/mol. The zero-order chi connectivity index (χ0) is 22.3. The van der Waals surface area contributed by atoms with E-state index < -0.39 is 0 Å². The van der Waals surface area contributed by atoms with Crippen molar-refractivity contribution in [2.45, 2.75) is 47.6 Å². The number of nitriles is 1. The van der Waals surface area contributed by atoms with Gasteiger partial charge in [0.05, 0.1) is 25.2 Å². The molecular formula is C25H29N3O2. The van der Waals surface area contributed by atoms with Crippen LogP contribution in [0.1, 0.15) is 47.6 Å². The molecule has 2 heterocycles. The molecule has 0 bridgehead atoms. The third-order valence-electron chi connectivity index (χ3n) is 5.07. The van der Waals surface area contributed by atoms with Crippen LogP contribution in [-0.4, -0.2) is 22.6 Å². The molecule has 0 saturated heterocycles. The number of nitrogens with zero attached hydrogens (tertiary/aromatic N) is 3. The molecule has 0 fully saturated rings. The molecule has 2 aromatic heterocycles. The standard InChI is InChI=1S/C23H23N3O2.C2H6/c1-15-5-6-19(13-25-15)14-26-16(2)21(11-22(27)28-4)23(17(26)3)20-9-7-18(12-24)8-10-20;1-2/h5-10,13H,11,14H2,1-4H3;1-2H3. The van der Waals surface area contributed by atoms with Gasteiger partial charge in [-0.2, -0.15) is 5.26 Å². The Hall–Kier alpha value is -3.39. The Morgan fingerprint density at radius 1 is 1.07 bits per heavy atom. The first-order valence-corrected chi connectivity index (χ1v) is 10.1. The molecule has 0 atom stereocenters. The minimum absolute atomic E-state index is 0.206. The highest BCUT2D eigenvalue weighted by molar-refractivity contribution is 5.80. The van der Waals surface area contributed by atoms with Crippen LogP contribution in [0.25, 0.3) is 11.1 Å². The highest BCUT2D eigenvalue weighted by Crippen LogP contribution is 2.33. The Labute approximate surface area is 179 Å². The Morgan fingerprint density at radius 2 is 1.73 bits per heavy atom. The quantitative estimate of drug-likeness (QED) is 0.553. The molecule has 3 aromatic rings. The summed E-state index contributed by atoms with van der Waals surface area (Å²) in [5, 5.41) is 9.07. The molecule has 30 heavy (non-hydrogen) atoms. The number of benzene rings is 1. The van der Waals surface area contributed by atoms with Gasteiger partial charge < -0.3 is 9.30 Å². The van der Waals surface area contributed by atoms with Crippen LogP contribution in [0.2, 0.25) is 0 Å². The number of carbonyl (C=O) groups is 1. The van der Waals surface area contributed by atoms with E-state index in [-0.39, 0.29) is 12.4 Å². The van der Waals surface area contributed by atoms with E-state index in [1.165, 1.54) is 7.11 Å². The van der Waals surface area contributed by atoms with E-state index in [1.807, 2.05) is 52.1 Å². The van der Waals surface area contributed by atoms with Gasteiger partial charge in [0.15, 0.2) is 0 Å². The van der Waals surface area contributed by atoms with Crippen molar-refractivity contribution in [1.82, 2.24) is 9.55 Å². The Kier molecular flexibility index (Phi) is 7.94. The molecule has 0 aliphatic heterocycles. The molecule has 0 aliphatic carbocycles. The number of rotatable bonds is 5. The zero-order valence-electron chi connectivity index (χ0n) is 18.6.